The SMILES string of the molecule is CCCC[S+]([O-])c1sc2nc(-c3cccs3)cc(-c3ccccc3)c2c1NC(C)=O. The Balaban J connectivity index is 1.99. The second kappa shape index (κ2) is 9.31. The van der Waals surface area contributed by atoms with E-state index in [-0.39, 0.29) is 5.91 Å². The molecule has 30 heavy (non-hydrogen) atoms. The summed E-state index contributed by atoms with van der Waals surface area (Å²) in [6, 6.07) is 16.2. The number of aromatic nitrogens is 1. The molecule has 0 aliphatic heterocycles. The Labute approximate surface area is 187 Å². The Morgan fingerprint density at radius 2 is 2.00 bits per heavy atom. The van der Waals surface area contributed by atoms with Crippen LogP contribution in [0.1, 0.15) is 26.7 Å². The number of pyridine rings is 1. The fourth-order valence-electron chi connectivity index (χ4n) is 3.29. The molecule has 0 bridgehead atoms. The fourth-order valence-corrected chi connectivity index (χ4v) is 6.84. The molecule has 1 unspecified atom stereocenters. The van der Waals surface area contributed by atoms with Crippen LogP contribution in [0.15, 0.2) is 58.1 Å². The van der Waals surface area contributed by atoms with Gasteiger partial charge in [0.15, 0.2) is 0 Å². The number of anilines is 1. The van der Waals surface area contributed by atoms with Crippen molar-refractivity contribution in [1.29, 1.82) is 0 Å². The molecule has 0 aliphatic carbocycles. The van der Waals surface area contributed by atoms with E-state index in [1.807, 2.05) is 29.6 Å². The summed E-state index contributed by atoms with van der Waals surface area (Å²) >= 11 is 1.88. The molecule has 1 amide bonds. The average molecular weight is 455 g/mol. The van der Waals surface area contributed by atoms with Crippen LogP contribution in [0.4, 0.5) is 5.69 Å². The van der Waals surface area contributed by atoms with Gasteiger partial charge in [0.25, 0.3) is 0 Å². The van der Waals surface area contributed by atoms with Crippen molar-refractivity contribution in [2.45, 2.75) is 30.9 Å². The molecule has 1 atom stereocenters. The molecule has 1 N–H and O–H groups in total. The molecule has 3 heterocycles. The lowest BCUT2D eigenvalue weighted by atomic mass is 10.0. The first-order valence-electron chi connectivity index (χ1n) is 9.81. The molecule has 4 aromatic rings. The third-order valence-corrected chi connectivity index (χ3v) is 8.53. The molecule has 1 aromatic carbocycles. The topological polar surface area (TPSA) is 65.1 Å². The lowest BCUT2D eigenvalue weighted by Gasteiger charge is -2.12. The highest BCUT2D eigenvalue weighted by atomic mass is 32.2. The molecule has 0 radical (unpaired) electrons. The minimum Gasteiger partial charge on any atom is -0.611 e. The van der Waals surface area contributed by atoms with E-state index in [2.05, 4.69) is 36.5 Å². The second-order valence-corrected chi connectivity index (χ2v) is 10.6. The monoisotopic (exact) mass is 454 g/mol. The number of nitrogens with zero attached hydrogens (tertiary/aromatic N) is 1. The van der Waals surface area contributed by atoms with Gasteiger partial charge in [-0.15, -0.1) is 11.3 Å². The van der Waals surface area contributed by atoms with Crippen LogP contribution in [-0.2, 0) is 16.0 Å². The van der Waals surface area contributed by atoms with Crippen molar-refractivity contribution in [3.8, 4) is 21.7 Å². The molecule has 0 saturated heterocycles. The lowest BCUT2D eigenvalue weighted by molar-refractivity contribution is -0.114. The fraction of sp³-hybridized carbons (Fsp3) is 0.217. The molecular weight excluding hydrogens is 432 g/mol. The van der Waals surface area contributed by atoms with E-state index in [0.717, 1.165) is 44.8 Å². The summed E-state index contributed by atoms with van der Waals surface area (Å²) in [7, 11) is 0. The van der Waals surface area contributed by atoms with Crippen molar-refractivity contribution < 1.29 is 9.35 Å². The Bertz CT molecular complexity index is 1150. The van der Waals surface area contributed by atoms with Crippen molar-refractivity contribution >= 4 is 55.7 Å². The Hall–Kier alpha value is -2.19. The van der Waals surface area contributed by atoms with E-state index < -0.39 is 11.2 Å². The van der Waals surface area contributed by atoms with Gasteiger partial charge in [0.1, 0.15) is 16.3 Å². The van der Waals surface area contributed by atoms with Crippen LogP contribution < -0.4 is 5.32 Å². The van der Waals surface area contributed by atoms with Gasteiger partial charge < -0.3 is 9.87 Å². The van der Waals surface area contributed by atoms with E-state index in [9.17, 15) is 9.35 Å². The number of rotatable bonds is 7. The van der Waals surface area contributed by atoms with Crippen LogP contribution in [0.5, 0.6) is 0 Å². The summed E-state index contributed by atoms with van der Waals surface area (Å²) < 4.78 is 13.8. The predicted molar refractivity (Wildman–Crippen MR) is 129 cm³/mol. The smallest absolute Gasteiger partial charge is 0.233 e. The van der Waals surface area contributed by atoms with Crippen LogP contribution in [-0.4, -0.2) is 21.2 Å². The van der Waals surface area contributed by atoms with Crippen LogP contribution >= 0.6 is 22.7 Å². The summed E-state index contributed by atoms with van der Waals surface area (Å²) in [5.74, 6) is 0.402. The summed E-state index contributed by atoms with van der Waals surface area (Å²) in [6.07, 6.45) is 1.85. The number of carbonyl (C=O) groups excluding carboxylic acids is 1. The number of unbranched alkanes of at least 4 members (excludes halogenated alkanes) is 1. The highest BCUT2D eigenvalue weighted by Gasteiger charge is 2.27. The number of thiophene rings is 2. The Kier molecular flexibility index (Phi) is 6.53. The van der Waals surface area contributed by atoms with Gasteiger partial charge in [-0.25, -0.2) is 4.98 Å². The van der Waals surface area contributed by atoms with E-state index in [1.165, 1.54) is 18.3 Å². The Morgan fingerprint density at radius 3 is 2.67 bits per heavy atom. The normalized spacial score (nSPS) is 12.2. The summed E-state index contributed by atoms with van der Waals surface area (Å²) in [5.41, 5.74) is 3.56. The van der Waals surface area contributed by atoms with Gasteiger partial charge in [-0.3, -0.25) is 4.79 Å². The quantitative estimate of drug-likeness (QED) is 0.322. The molecule has 154 valence electrons. The van der Waals surface area contributed by atoms with Crippen LogP contribution in [0, 0.1) is 0 Å². The summed E-state index contributed by atoms with van der Waals surface area (Å²) in [4.78, 5) is 18.8. The zero-order valence-corrected chi connectivity index (χ0v) is 19.3. The molecular formula is C23H22N2O2S3. The first-order chi connectivity index (χ1) is 14.6. The number of amides is 1. The summed E-state index contributed by atoms with van der Waals surface area (Å²) in [5, 5.41) is 5.86. The van der Waals surface area contributed by atoms with Gasteiger partial charge in [0.2, 0.25) is 10.1 Å². The maximum atomic E-state index is 13.1. The third kappa shape index (κ3) is 4.30. The standard InChI is InChI=1S/C23H22N2O2S3/c1-3-4-13-30(27)23-21(24-15(2)26)20-17(16-9-6-5-7-10-16)14-18(25-22(20)29-23)19-11-8-12-28-19/h5-12,14H,3-4,13H2,1-2H3,(H,24,26). The minimum atomic E-state index is -1.19. The van der Waals surface area contributed by atoms with Crippen molar-refractivity contribution in [2.75, 3.05) is 11.1 Å². The maximum Gasteiger partial charge on any atom is 0.233 e. The van der Waals surface area contributed by atoms with Gasteiger partial charge in [-0.2, -0.15) is 0 Å². The zero-order chi connectivity index (χ0) is 21.1. The van der Waals surface area contributed by atoms with E-state index in [1.54, 1.807) is 11.3 Å². The molecule has 7 heteroatoms. The number of hydrogen-bond acceptors (Lipinski definition) is 5. The van der Waals surface area contributed by atoms with E-state index in [4.69, 9.17) is 4.98 Å². The van der Waals surface area contributed by atoms with Gasteiger partial charge in [-0.1, -0.05) is 61.1 Å². The maximum absolute atomic E-state index is 13.1. The third-order valence-electron chi connectivity index (χ3n) is 4.68. The van der Waals surface area contributed by atoms with Crippen molar-refractivity contribution in [1.82, 2.24) is 4.98 Å². The minimum absolute atomic E-state index is 0.176. The number of carbonyl (C=O) groups is 1. The molecule has 0 aliphatic rings. The molecule has 4 nitrogen and oxygen atoms in total. The van der Waals surface area contributed by atoms with Crippen LogP contribution in [0.3, 0.4) is 0 Å². The molecule has 0 saturated carbocycles. The number of fused-ring (bicyclic) bond motifs is 1. The van der Waals surface area contributed by atoms with Crippen LogP contribution in [0.2, 0.25) is 0 Å². The highest BCUT2D eigenvalue weighted by Crippen LogP contribution is 2.45. The van der Waals surface area contributed by atoms with Crippen molar-refractivity contribution in [2.24, 2.45) is 0 Å². The van der Waals surface area contributed by atoms with E-state index in [0.29, 0.717) is 15.6 Å². The van der Waals surface area contributed by atoms with Crippen LogP contribution in [0.25, 0.3) is 31.9 Å². The highest BCUT2D eigenvalue weighted by molar-refractivity contribution is 7.93. The lowest BCUT2D eigenvalue weighted by Crippen LogP contribution is -2.11. The average Bonchev–Trinajstić information content (AvgIpc) is 3.40. The Morgan fingerprint density at radius 1 is 1.20 bits per heavy atom. The van der Waals surface area contributed by atoms with Crippen molar-refractivity contribution in [3.63, 3.8) is 0 Å². The summed E-state index contributed by atoms with van der Waals surface area (Å²) in [6.45, 7) is 3.57. The second-order valence-electron chi connectivity index (χ2n) is 6.93. The first kappa shape index (κ1) is 21.1. The first-order valence-corrected chi connectivity index (χ1v) is 12.8. The van der Waals surface area contributed by atoms with Gasteiger partial charge in [0.05, 0.1) is 10.6 Å². The van der Waals surface area contributed by atoms with Gasteiger partial charge in [-0.05, 0) is 46.2 Å². The zero-order valence-electron chi connectivity index (χ0n) is 16.8. The predicted octanol–water partition coefficient (Wildman–Crippen LogP) is 6.56. The molecule has 3 aromatic heterocycles. The molecule has 0 fully saturated rings. The number of benzene rings is 1. The van der Waals surface area contributed by atoms with Crippen molar-refractivity contribution in [3.05, 3.63) is 53.9 Å². The molecule has 0 spiro atoms. The largest absolute Gasteiger partial charge is 0.611 e. The molecule has 4 rings (SSSR count). The van der Waals surface area contributed by atoms with E-state index >= 15 is 0 Å². The number of nitrogens with one attached hydrogen (secondary N) is 1. The number of hydrogen-bond donors (Lipinski definition) is 1. The van der Waals surface area contributed by atoms with Gasteiger partial charge in [0, 0.05) is 12.3 Å². The van der Waals surface area contributed by atoms with Gasteiger partial charge >= 0.3 is 0 Å².